The summed E-state index contributed by atoms with van der Waals surface area (Å²) in [6.07, 6.45) is 7.68. The molecule has 0 saturated carbocycles. The number of benzene rings is 1. The Balaban J connectivity index is 2.68. The number of halogens is 2. The second kappa shape index (κ2) is 6.82. The molecule has 126 valence electrons. The van der Waals surface area contributed by atoms with Crippen LogP contribution in [0.2, 0.25) is 5.02 Å². The molecule has 1 nitrogen and oxygen atoms in total. The Morgan fingerprint density at radius 1 is 1.29 bits per heavy atom. The molecule has 0 saturated heterocycles. The van der Waals surface area contributed by atoms with Crippen molar-refractivity contribution in [1.29, 1.82) is 0 Å². The molecule has 0 spiro atoms. The molecular formula is C21H23ClFN. The van der Waals surface area contributed by atoms with Gasteiger partial charge in [0, 0.05) is 28.6 Å². The fourth-order valence-corrected chi connectivity index (χ4v) is 2.80. The molecule has 3 heteroatoms. The molecule has 0 radical (unpaired) electrons. The number of rotatable bonds is 4. The van der Waals surface area contributed by atoms with Crippen LogP contribution in [0.5, 0.6) is 0 Å². The Morgan fingerprint density at radius 3 is 2.50 bits per heavy atom. The van der Waals surface area contributed by atoms with E-state index in [-0.39, 0.29) is 10.6 Å². The van der Waals surface area contributed by atoms with Crippen molar-refractivity contribution in [3.63, 3.8) is 0 Å². The highest BCUT2D eigenvalue weighted by Crippen LogP contribution is 2.34. The van der Waals surface area contributed by atoms with E-state index < -0.39 is 5.82 Å². The zero-order chi connectivity index (χ0) is 18.1. The number of nitrogens with zero attached hydrogens (tertiary/aromatic N) is 1. The van der Waals surface area contributed by atoms with Crippen LogP contribution < -0.4 is 0 Å². The summed E-state index contributed by atoms with van der Waals surface area (Å²) < 4.78 is 16.1. The zero-order valence-corrected chi connectivity index (χ0v) is 15.4. The average molecular weight is 344 g/mol. The minimum absolute atomic E-state index is 0.0780. The quantitative estimate of drug-likeness (QED) is 0.540. The first kappa shape index (κ1) is 18.3. The molecule has 2 aromatic rings. The summed E-state index contributed by atoms with van der Waals surface area (Å²) >= 11 is 5.82. The lowest BCUT2D eigenvalue weighted by Crippen LogP contribution is -2.21. The summed E-state index contributed by atoms with van der Waals surface area (Å²) in [5.41, 5.74) is 4.66. The maximum absolute atomic E-state index is 13.9. The van der Waals surface area contributed by atoms with Crippen molar-refractivity contribution < 1.29 is 4.39 Å². The Bertz CT molecular complexity index is 819. The van der Waals surface area contributed by atoms with Crippen molar-refractivity contribution in [2.24, 2.45) is 0 Å². The van der Waals surface area contributed by atoms with Crippen LogP contribution in [0.25, 0.3) is 17.2 Å². The van der Waals surface area contributed by atoms with Crippen LogP contribution in [-0.2, 0) is 5.54 Å². The molecular weight excluding hydrogens is 321 g/mol. The third kappa shape index (κ3) is 3.70. The molecule has 24 heavy (non-hydrogen) atoms. The maximum atomic E-state index is 13.9. The van der Waals surface area contributed by atoms with Gasteiger partial charge < -0.3 is 4.57 Å². The van der Waals surface area contributed by atoms with Crippen LogP contribution in [0.3, 0.4) is 0 Å². The van der Waals surface area contributed by atoms with Gasteiger partial charge in [-0.15, -0.1) is 0 Å². The van der Waals surface area contributed by atoms with Crippen molar-refractivity contribution in [3.8, 4) is 11.1 Å². The van der Waals surface area contributed by atoms with Crippen LogP contribution in [0.4, 0.5) is 4.39 Å². The molecule has 1 heterocycles. The first-order valence-electron chi connectivity index (χ1n) is 7.82. The lowest BCUT2D eigenvalue weighted by atomic mass is 10.0. The number of aromatic nitrogens is 1. The van der Waals surface area contributed by atoms with E-state index in [2.05, 4.69) is 51.6 Å². The topological polar surface area (TPSA) is 4.93 Å². The Hall–Kier alpha value is -2.06. The smallest absolute Gasteiger partial charge is 0.142 e. The predicted octanol–water partition coefficient (Wildman–Crippen LogP) is 6.77. The zero-order valence-electron chi connectivity index (χ0n) is 14.7. The third-order valence-corrected chi connectivity index (χ3v) is 4.29. The third-order valence-electron chi connectivity index (χ3n) is 3.98. The van der Waals surface area contributed by atoms with E-state index in [1.165, 1.54) is 6.07 Å². The molecule has 0 aliphatic heterocycles. The van der Waals surface area contributed by atoms with Gasteiger partial charge in [-0.05, 0) is 51.0 Å². The van der Waals surface area contributed by atoms with Crippen LogP contribution in [0.1, 0.15) is 32.0 Å². The minimum Gasteiger partial charge on any atom is -0.345 e. The molecule has 0 bridgehead atoms. The van der Waals surface area contributed by atoms with Crippen LogP contribution in [0, 0.1) is 12.7 Å². The fourth-order valence-electron chi connectivity index (χ4n) is 2.68. The Labute approximate surface area is 148 Å². The van der Waals surface area contributed by atoms with Crippen molar-refractivity contribution in [2.75, 3.05) is 0 Å². The van der Waals surface area contributed by atoms with E-state index in [1.807, 2.05) is 18.2 Å². The van der Waals surface area contributed by atoms with Gasteiger partial charge >= 0.3 is 0 Å². The normalized spacial score (nSPS) is 11.9. The number of allylic oxidation sites excluding steroid dienone is 3. The standard InChI is InChI=1S/C21H23ClFN/c1-7-14(2)8-10-17-15(3)24(21(4,5)6)13-18(17)16-9-11-19(22)20(23)12-16/h7-13H,1-2H2,3-6H3/b10-8-. The van der Waals surface area contributed by atoms with Crippen LogP contribution in [-0.4, -0.2) is 4.57 Å². The first-order chi connectivity index (χ1) is 11.1. The van der Waals surface area contributed by atoms with Gasteiger partial charge in [0.05, 0.1) is 5.02 Å². The molecule has 1 aromatic carbocycles. The highest BCUT2D eigenvalue weighted by Gasteiger charge is 2.20. The van der Waals surface area contributed by atoms with Crippen molar-refractivity contribution in [3.05, 3.63) is 77.4 Å². The van der Waals surface area contributed by atoms with Gasteiger partial charge in [-0.25, -0.2) is 4.39 Å². The summed E-state index contributed by atoms with van der Waals surface area (Å²) in [7, 11) is 0. The summed E-state index contributed by atoms with van der Waals surface area (Å²) in [5.74, 6) is -0.416. The van der Waals surface area contributed by atoms with Gasteiger partial charge in [0.15, 0.2) is 0 Å². The molecule has 0 fully saturated rings. The molecule has 0 atom stereocenters. The van der Waals surface area contributed by atoms with Crippen molar-refractivity contribution >= 4 is 17.7 Å². The average Bonchev–Trinajstić information content (AvgIpc) is 2.84. The van der Waals surface area contributed by atoms with Crippen LogP contribution >= 0.6 is 11.6 Å². The monoisotopic (exact) mass is 343 g/mol. The summed E-state index contributed by atoms with van der Waals surface area (Å²) in [6.45, 7) is 16.1. The van der Waals surface area contributed by atoms with Gasteiger partial charge in [-0.2, -0.15) is 0 Å². The molecule has 0 aliphatic rings. The fraction of sp³-hybridized carbons (Fsp3) is 0.238. The molecule has 0 unspecified atom stereocenters. The molecule has 1 aromatic heterocycles. The van der Waals surface area contributed by atoms with Crippen molar-refractivity contribution in [1.82, 2.24) is 4.57 Å². The lowest BCUT2D eigenvalue weighted by Gasteiger charge is -2.23. The van der Waals surface area contributed by atoms with Crippen LogP contribution in [0.15, 0.2) is 55.3 Å². The minimum atomic E-state index is -0.416. The number of hydrogen-bond acceptors (Lipinski definition) is 0. The molecule has 0 amide bonds. The summed E-state index contributed by atoms with van der Waals surface area (Å²) in [5, 5.41) is 0.128. The van der Waals surface area contributed by atoms with E-state index in [4.69, 9.17) is 11.6 Å². The predicted molar refractivity (Wildman–Crippen MR) is 103 cm³/mol. The van der Waals surface area contributed by atoms with E-state index in [9.17, 15) is 4.39 Å². The molecule has 2 rings (SSSR count). The summed E-state index contributed by atoms with van der Waals surface area (Å²) in [4.78, 5) is 0. The highest BCUT2D eigenvalue weighted by molar-refractivity contribution is 6.30. The first-order valence-corrected chi connectivity index (χ1v) is 8.20. The SMILES string of the molecule is C=CC(=C)/C=C\c1c(-c2ccc(Cl)c(F)c2)cn(C(C)(C)C)c1C. The van der Waals surface area contributed by atoms with Gasteiger partial charge in [0.25, 0.3) is 0 Å². The number of hydrogen-bond donors (Lipinski definition) is 0. The van der Waals surface area contributed by atoms with Gasteiger partial charge in [0.1, 0.15) is 5.82 Å². The Morgan fingerprint density at radius 2 is 1.96 bits per heavy atom. The summed E-state index contributed by atoms with van der Waals surface area (Å²) in [6, 6.07) is 4.91. The largest absolute Gasteiger partial charge is 0.345 e. The van der Waals surface area contributed by atoms with E-state index in [0.29, 0.717) is 0 Å². The van der Waals surface area contributed by atoms with Gasteiger partial charge in [0.2, 0.25) is 0 Å². The second-order valence-corrected chi connectivity index (χ2v) is 7.23. The molecule has 0 N–H and O–H groups in total. The maximum Gasteiger partial charge on any atom is 0.142 e. The highest BCUT2D eigenvalue weighted by atomic mass is 35.5. The van der Waals surface area contributed by atoms with Crippen molar-refractivity contribution in [2.45, 2.75) is 33.2 Å². The van der Waals surface area contributed by atoms with Gasteiger partial charge in [-0.1, -0.05) is 49.1 Å². The van der Waals surface area contributed by atoms with E-state index >= 15 is 0 Å². The lowest BCUT2D eigenvalue weighted by molar-refractivity contribution is 0.391. The second-order valence-electron chi connectivity index (χ2n) is 6.82. The molecule has 0 aliphatic carbocycles. The van der Waals surface area contributed by atoms with Gasteiger partial charge in [-0.3, -0.25) is 0 Å². The van der Waals surface area contributed by atoms with E-state index in [0.717, 1.165) is 28.0 Å². The van der Waals surface area contributed by atoms with E-state index in [1.54, 1.807) is 12.1 Å². The Kier molecular flexibility index (Phi) is 5.19.